The SMILES string of the molecule is CCc1cc(C)ccc1-c1cc(OCCCC(=O)O)c(Cl)cc1N. The van der Waals surface area contributed by atoms with Crippen molar-refractivity contribution in [2.45, 2.75) is 33.1 Å². The van der Waals surface area contributed by atoms with Crippen molar-refractivity contribution in [3.63, 3.8) is 0 Å². The van der Waals surface area contributed by atoms with Gasteiger partial charge < -0.3 is 15.6 Å². The van der Waals surface area contributed by atoms with E-state index in [1.54, 1.807) is 6.07 Å². The van der Waals surface area contributed by atoms with Crippen molar-refractivity contribution in [1.29, 1.82) is 0 Å². The van der Waals surface area contributed by atoms with E-state index in [1.165, 1.54) is 11.1 Å². The van der Waals surface area contributed by atoms with Gasteiger partial charge in [-0.15, -0.1) is 0 Å². The highest BCUT2D eigenvalue weighted by Gasteiger charge is 2.12. The van der Waals surface area contributed by atoms with Gasteiger partial charge in [0.25, 0.3) is 0 Å². The molecule has 0 radical (unpaired) electrons. The minimum Gasteiger partial charge on any atom is -0.492 e. The lowest BCUT2D eigenvalue weighted by Gasteiger charge is -2.15. The monoisotopic (exact) mass is 347 g/mol. The number of carbonyl (C=O) groups is 1. The number of ether oxygens (including phenoxy) is 1. The molecule has 0 aliphatic heterocycles. The molecule has 2 aromatic carbocycles. The predicted octanol–water partition coefficient (Wildman–Crippen LogP) is 4.70. The van der Waals surface area contributed by atoms with E-state index in [0.29, 0.717) is 29.5 Å². The number of anilines is 1. The van der Waals surface area contributed by atoms with Crippen molar-refractivity contribution in [3.05, 3.63) is 46.5 Å². The maximum absolute atomic E-state index is 10.6. The second-order valence-electron chi connectivity index (χ2n) is 5.73. The van der Waals surface area contributed by atoms with E-state index in [2.05, 4.69) is 32.0 Å². The summed E-state index contributed by atoms with van der Waals surface area (Å²) in [6.45, 7) is 4.46. The van der Waals surface area contributed by atoms with Crippen LogP contribution in [-0.4, -0.2) is 17.7 Å². The van der Waals surface area contributed by atoms with Crippen LogP contribution in [0.3, 0.4) is 0 Å². The Kier molecular flexibility index (Phi) is 6.10. The fourth-order valence-electron chi connectivity index (χ4n) is 2.60. The molecule has 24 heavy (non-hydrogen) atoms. The van der Waals surface area contributed by atoms with Crippen LogP contribution in [0.15, 0.2) is 30.3 Å². The smallest absolute Gasteiger partial charge is 0.303 e. The minimum atomic E-state index is -0.838. The van der Waals surface area contributed by atoms with Gasteiger partial charge in [-0.3, -0.25) is 4.79 Å². The molecule has 3 N–H and O–H groups in total. The van der Waals surface area contributed by atoms with Gasteiger partial charge in [0.05, 0.1) is 11.6 Å². The number of benzene rings is 2. The van der Waals surface area contributed by atoms with Crippen LogP contribution in [0.2, 0.25) is 5.02 Å². The number of hydrogen-bond donors (Lipinski definition) is 2. The van der Waals surface area contributed by atoms with Gasteiger partial charge in [-0.05, 0) is 43.0 Å². The molecule has 2 rings (SSSR count). The number of halogens is 1. The highest BCUT2D eigenvalue weighted by Crippen LogP contribution is 2.37. The highest BCUT2D eigenvalue weighted by atomic mass is 35.5. The number of aryl methyl sites for hydroxylation is 2. The van der Waals surface area contributed by atoms with E-state index < -0.39 is 5.97 Å². The first-order valence-electron chi connectivity index (χ1n) is 7.96. The van der Waals surface area contributed by atoms with Gasteiger partial charge in [0.2, 0.25) is 0 Å². The summed E-state index contributed by atoms with van der Waals surface area (Å²) in [6, 6.07) is 9.78. The summed E-state index contributed by atoms with van der Waals surface area (Å²) in [7, 11) is 0. The second kappa shape index (κ2) is 8.06. The molecule has 0 atom stereocenters. The number of nitrogens with two attached hydrogens (primary N) is 1. The summed E-state index contributed by atoms with van der Waals surface area (Å²) in [5, 5.41) is 9.10. The van der Waals surface area contributed by atoms with Gasteiger partial charge in [-0.1, -0.05) is 42.3 Å². The highest BCUT2D eigenvalue weighted by molar-refractivity contribution is 6.32. The lowest BCUT2D eigenvalue weighted by Crippen LogP contribution is -2.03. The number of rotatable bonds is 7. The van der Waals surface area contributed by atoms with Crippen molar-refractivity contribution < 1.29 is 14.6 Å². The van der Waals surface area contributed by atoms with Crippen molar-refractivity contribution in [2.24, 2.45) is 0 Å². The first-order chi connectivity index (χ1) is 11.4. The number of aliphatic carboxylic acids is 1. The predicted molar refractivity (Wildman–Crippen MR) is 97.8 cm³/mol. The molecule has 0 bridgehead atoms. The Labute approximate surface area is 147 Å². The second-order valence-corrected chi connectivity index (χ2v) is 6.14. The number of carboxylic acid groups (broad SMARTS) is 1. The molecular formula is C19H22ClNO3. The first-order valence-corrected chi connectivity index (χ1v) is 8.33. The molecule has 0 saturated carbocycles. The number of nitrogen functional groups attached to an aromatic ring is 1. The Hall–Kier alpha value is -2.20. The fraction of sp³-hybridized carbons (Fsp3) is 0.316. The zero-order valence-corrected chi connectivity index (χ0v) is 14.7. The molecule has 0 amide bonds. The van der Waals surface area contributed by atoms with Crippen LogP contribution in [0.1, 0.15) is 30.9 Å². The lowest BCUT2D eigenvalue weighted by molar-refractivity contribution is -0.137. The number of hydrogen-bond acceptors (Lipinski definition) is 3. The van der Waals surface area contributed by atoms with E-state index in [9.17, 15) is 4.79 Å². The third-order valence-electron chi connectivity index (χ3n) is 3.83. The Morgan fingerprint density at radius 2 is 2.00 bits per heavy atom. The quantitative estimate of drug-likeness (QED) is 0.562. The third-order valence-corrected chi connectivity index (χ3v) is 4.12. The molecule has 0 aliphatic rings. The molecule has 0 heterocycles. The van der Waals surface area contributed by atoms with Crippen LogP contribution in [-0.2, 0) is 11.2 Å². The minimum absolute atomic E-state index is 0.0669. The third kappa shape index (κ3) is 4.42. The van der Waals surface area contributed by atoms with Gasteiger partial charge in [0.15, 0.2) is 0 Å². The Bertz CT molecular complexity index is 744. The van der Waals surface area contributed by atoms with Gasteiger partial charge in [-0.2, -0.15) is 0 Å². The summed E-state index contributed by atoms with van der Waals surface area (Å²) in [6.07, 6.45) is 1.39. The van der Waals surface area contributed by atoms with Crippen molar-refractivity contribution >= 4 is 23.3 Å². The average Bonchev–Trinajstić information content (AvgIpc) is 2.53. The van der Waals surface area contributed by atoms with Crippen LogP contribution in [0.25, 0.3) is 11.1 Å². The Morgan fingerprint density at radius 1 is 1.25 bits per heavy atom. The maximum Gasteiger partial charge on any atom is 0.303 e. The zero-order valence-electron chi connectivity index (χ0n) is 13.9. The Balaban J connectivity index is 2.31. The van der Waals surface area contributed by atoms with Crippen LogP contribution in [0, 0.1) is 6.92 Å². The van der Waals surface area contributed by atoms with Crippen LogP contribution in [0.5, 0.6) is 5.75 Å². The molecule has 5 heteroatoms. The summed E-state index contributed by atoms with van der Waals surface area (Å²) >= 11 is 6.21. The molecule has 0 saturated heterocycles. The standard InChI is InChI=1S/C19H22ClNO3/c1-3-13-9-12(2)6-7-14(13)15-10-18(16(20)11-17(15)21)24-8-4-5-19(22)23/h6-7,9-11H,3-5,8,21H2,1-2H3,(H,22,23). The average molecular weight is 348 g/mol. The summed E-state index contributed by atoms with van der Waals surface area (Å²) < 4.78 is 5.65. The molecule has 2 aromatic rings. The van der Waals surface area contributed by atoms with Gasteiger partial charge >= 0.3 is 5.97 Å². The van der Waals surface area contributed by atoms with E-state index in [4.69, 9.17) is 27.2 Å². The molecule has 0 aromatic heterocycles. The lowest BCUT2D eigenvalue weighted by atomic mass is 9.95. The Morgan fingerprint density at radius 3 is 2.67 bits per heavy atom. The molecule has 0 spiro atoms. The zero-order chi connectivity index (χ0) is 17.7. The number of carboxylic acids is 1. The topological polar surface area (TPSA) is 72.5 Å². The van der Waals surface area contributed by atoms with E-state index in [1.807, 2.05) is 6.07 Å². The van der Waals surface area contributed by atoms with Crippen molar-refractivity contribution in [1.82, 2.24) is 0 Å². The first kappa shape index (κ1) is 18.1. The molecule has 0 aliphatic carbocycles. The largest absolute Gasteiger partial charge is 0.492 e. The normalized spacial score (nSPS) is 10.6. The molecular weight excluding hydrogens is 326 g/mol. The fourth-order valence-corrected chi connectivity index (χ4v) is 2.82. The van der Waals surface area contributed by atoms with Crippen LogP contribution in [0.4, 0.5) is 5.69 Å². The summed E-state index contributed by atoms with van der Waals surface area (Å²) in [5.41, 5.74) is 11.1. The van der Waals surface area contributed by atoms with Gasteiger partial charge in [-0.25, -0.2) is 0 Å². The van der Waals surface area contributed by atoms with E-state index in [0.717, 1.165) is 17.5 Å². The summed E-state index contributed by atoms with van der Waals surface area (Å²) in [5.74, 6) is -0.316. The summed E-state index contributed by atoms with van der Waals surface area (Å²) in [4.78, 5) is 10.6. The maximum atomic E-state index is 10.6. The van der Waals surface area contributed by atoms with Crippen LogP contribution >= 0.6 is 11.6 Å². The van der Waals surface area contributed by atoms with E-state index in [-0.39, 0.29) is 6.42 Å². The van der Waals surface area contributed by atoms with Crippen LogP contribution < -0.4 is 10.5 Å². The van der Waals surface area contributed by atoms with Crippen molar-refractivity contribution in [3.8, 4) is 16.9 Å². The van der Waals surface area contributed by atoms with Gasteiger partial charge in [0.1, 0.15) is 5.75 Å². The molecule has 128 valence electrons. The molecule has 4 nitrogen and oxygen atoms in total. The van der Waals surface area contributed by atoms with Crippen molar-refractivity contribution in [2.75, 3.05) is 12.3 Å². The van der Waals surface area contributed by atoms with Gasteiger partial charge in [0, 0.05) is 17.7 Å². The molecule has 0 fully saturated rings. The molecule has 0 unspecified atom stereocenters. The van der Waals surface area contributed by atoms with E-state index >= 15 is 0 Å².